The highest BCUT2D eigenvalue weighted by Gasteiger charge is 2.37. The lowest BCUT2D eigenvalue weighted by molar-refractivity contribution is -0.125. The summed E-state index contributed by atoms with van der Waals surface area (Å²) < 4.78 is 7.16. The number of pyridine rings is 1. The quantitative estimate of drug-likeness (QED) is 0.128. The summed E-state index contributed by atoms with van der Waals surface area (Å²) in [5.41, 5.74) is 3.93. The first-order chi connectivity index (χ1) is 31.3. The Morgan fingerprint density at radius 1 is 1.00 bits per heavy atom. The number of likely N-dealkylation sites (N-methyl/N-ethyl adjacent to an activating group) is 2. The number of aldehydes is 1. The van der Waals surface area contributed by atoms with E-state index >= 15 is 0 Å². The van der Waals surface area contributed by atoms with Crippen molar-refractivity contribution in [1.29, 1.82) is 0 Å². The monoisotopic (exact) mass is 912 g/mol. The van der Waals surface area contributed by atoms with Gasteiger partial charge in [0.15, 0.2) is 18.2 Å². The van der Waals surface area contributed by atoms with E-state index in [0.29, 0.717) is 73.0 Å². The molecule has 8 rings (SSSR count). The Bertz CT molecular complexity index is 2440. The molecule has 0 spiro atoms. The van der Waals surface area contributed by atoms with E-state index in [2.05, 4.69) is 48.7 Å². The van der Waals surface area contributed by atoms with Crippen molar-refractivity contribution in [2.24, 2.45) is 0 Å². The average molecular weight is 914 g/mol. The molecule has 2 aromatic carbocycles. The molecule has 2 unspecified atom stereocenters. The van der Waals surface area contributed by atoms with Crippen LogP contribution < -0.4 is 36.0 Å². The molecule has 3 aliphatic heterocycles. The number of piperazine rings is 1. The molecule has 348 valence electrons. The number of piperidine rings is 1. The van der Waals surface area contributed by atoms with Crippen LogP contribution in [0.1, 0.15) is 87.7 Å². The first-order valence-corrected chi connectivity index (χ1v) is 23.0. The van der Waals surface area contributed by atoms with Crippen molar-refractivity contribution in [2.75, 3.05) is 68.5 Å². The molecule has 2 saturated heterocycles. The highest BCUT2D eigenvalue weighted by molar-refractivity contribution is 6.33. The van der Waals surface area contributed by atoms with Crippen LogP contribution in [0, 0.1) is 0 Å². The van der Waals surface area contributed by atoms with Crippen molar-refractivity contribution >= 4 is 69.7 Å². The molecule has 3 fully saturated rings. The molecular weight excluding hydrogens is 852 g/mol. The van der Waals surface area contributed by atoms with Crippen molar-refractivity contribution in [2.45, 2.75) is 103 Å². The number of ether oxygens (including phenoxy) is 1. The van der Waals surface area contributed by atoms with E-state index < -0.39 is 6.04 Å². The Morgan fingerprint density at radius 2 is 1.77 bits per heavy atom. The molecule has 5 heterocycles. The zero-order chi connectivity index (χ0) is 46.4. The van der Waals surface area contributed by atoms with Gasteiger partial charge in [-0.25, -0.2) is 4.98 Å². The van der Waals surface area contributed by atoms with Gasteiger partial charge in [0, 0.05) is 100 Å². The van der Waals surface area contributed by atoms with E-state index in [4.69, 9.17) is 16.3 Å². The van der Waals surface area contributed by atoms with Crippen LogP contribution in [-0.2, 0) is 20.9 Å². The van der Waals surface area contributed by atoms with Crippen LogP contribution in [0.25, 0.3) is 10.9 Å². The molecule has 4 N–H and O–H groups in total. The van der Waals surface area contributed by atoms with E-state index in [1.807, 2.05) is 49.1 Å². The minimum Gasteiger partial charge on any atom is -0.478 e. The number of anilines is 4. The van der Waals surface area contributed by atoms with Gasteiger partial charge in [0.25, 0.3) is 17.4 Å². The maximum absolute atomic E-state index is 13.0. The fourth-order valence-electron chi connectivity index (χ4n) is 9.06. The molecule has 2 atom stereocenters. The molecule has 2 aromatic heterocycles. The molecule has 18 heteroatoms. The van der Waals surface area contributed by atoms with Gasteiger partial charge in [-0.15, -0.1) is 0 Å². The van der Waals surface area contributed by atoms with Crippen LogP contribution in [0.2, 0.25) is 5.02 Å². The number of amides is 3. The maximum Gasteiger partial charge on any atom is 0.293 e. The second-order valence-corrected chi connectivity index (χ2v) is 17.9. The minimum absolute atomic E-state index is 0.0987. The lowest BCUT2D eigenvalue weighted by Gasteiger charge is -2.47. The number of halogens is 1. The Morgan fingerprint density at radius 3 is 2.43 bits per heavy atom. The number of fused-ring (bicyclic) bond motifs is 2. The fourth-order valence-corrected chi connectivity index (χ4v) is 9.20. The van der Waals surface area contributed by atoms with Gasteiger partial charge in [0.1, 0.15) is 17.4 Å². The number of aliphatic hydroxyl groups is 1. The van der Waals surface area contributed by atoms with Gasteiger partial charge in [-0.05, 0) is 101 Å². The third-order valence-corrected chi connectivity index (χ3v) is 13.2. The van der Waals surface area contributed by atoms with Gasteiger partial charge in [0.2, 0.25) is 11.9 Å². The standard InChI is InChI=1S/C24H29ClN6O4.C23H32N4O3/c1-14(2)31-19-5-4-16(10-15(19)11-20(23(31)34)35-13-21(33)26-3)28-22-18(25)12-27-24(29-22)30-8-6-17(32)7-9-30;1-16-14-25(18-5-3-6-18)10-11-26(16)19-8-9-20-17(13-19)15-27(23(20)30)21(7-4-12-28)22(29)24-2/h4-5,10-12,14,17,32H,6-9,13H2,1-3H3,(H,26,33)(H,27,28,29);8-9,12-13,16,18,21H,3-7,10-11,14-15H2,1-2H3,(H,24,29). The van der Waals surface area contributed by atoms with Crippen LogP contribution in [-0.4, -0.2) is 131 Å². The summed E-state index contributed by atoms with van der Waals surface area (Å²) in [5.74, 6) is 0.423. The molecule has 17 nitrogen and oxygen atoms in total. The predicted octanol–water partition coefficient (Wildman–Crippen LogP) is 4.65. The molecule has 65 heavy (non-hydrogen) atoms. The average Bonchev–Trinajstić information content (AvgIpc) is 3.60. The van der Waals surface area contributed by atoms with Crippen LogP contribution >= 0.6 is 11.6 Å². The zero-order valence-electron chi connectivity index (χ0n) is 37.9. The van der Waals surface area contributed by atoms with Gasteiger partial charge in [-0.3, -0.25) is 24.1 Å². The molecular formula is C47H61ClN10O7. The van der Waals surface area contributed by atoms with Crippen molar-refractivity contribution in [3.8, 4) is 5.75 Å². The molecule has 1 aliphatic carbocycles. The number of aliphatic hydroxyl groups excluding tert-OH is 1. The van der Waals surface area contributed by atoms with E-state index in [-0.39, 0.29) is 54.2 Å². The number of carbonyl (C=O) groups excluding carboxylic acids is 4. The number of carbonyl (C=O) groups is 4. The lowest BCUT2D eigenvalue weighted by atomic mass is 9.90. The SMILES string of the molecule is CNC(=O)C(CCC=O)N1Cc2cc(N3CCN(C4CCC4)CC3C)ccc2C1=O.CNC(=O)COc1cc2cc(Nc3nc(N4CCC(O)CC4)ncc3Cl)ccc2n(C(C)C)c1=O. The maximum atomic E-state index is 13.0. The molecule has 1 saturated carbocycles. The largest absolute Gasteiger partial charge is 0.478 e. The highest BCUT2D eigenvalue weighted by Crippen LogP contribution is 2.34. The van der Waals surface area contributed by atoms with Gasteiger partial charge >= 0.3 is 0 Å². The van der Waals surface area contributed by atoms with Crippen LogP contribution in [0.4, 0.5) is 23.1 Å². The van der Waals surface area contributed by atoms with Crippen LogP contribution in [0.5, 0.6) is 5.75 Å². The normalized spacial score (nSPS) is 18.4. The molecule has 0 radical (unpaired) electrons. The topological polar surface area (TPSA) is 195 Å². The smallest absolute Gasteiger partial charge is 0.293 e. The number of nitrogens with zero attached hydrogens (tertiary/aromatic N) is 7. The summed E-state index contributed by atoms with van der Waals surface area (Å²) in [5, 5.41) is 19.2. The Labute approximate surface area is 384 Å². The minimum atomic E-state index is -0.617. The highest BCUT2D eigenvalue weighted by atomic mass is 35.5. The van der Waals surface area contributed by atoms with E-state index in [1.165, 1.54) is 26.3 Å². The molecule has 0 bridgehead atoms. The summed E-state index contributed by atoms with van der Waals surface area (Å²) in [4.78, 5) is 78.4. The van der Waals surface area contributed by atoms with E-state index in [1.54, 1.807) is 28.8 Å². The summed E-state index contributed by atoms with van der Waals surface area (Å²) >= 11 is 6.37. The summed E-state index contributed by atoms with van der Waals surface area (Å²) in [6.07, 6.45) is 8.03. The van der Waals surface area contributed by atoms with Crippen molar-refractivity contribution in [1.82, 2.24) is 35.0 Å². The molecule has 3 amide bonds. The van der Waals surface area contributed by atoms with Gasteiger partial charge in [-0.2, -0.15) is 4.98 Å². The van der Waals surface area contributed by atoms with Crippen molar-refractivity contribution in [3.05, 3.63) is 75.2 Å². The number of hydrogen-bond donors (Lipinski definition) is 4. The van der Waals surface area contributed by atoms with E-state index in [9.17, 15) is 29.1 Å². The lowest BCUT2D eigenvalue weighted by Crippen LogP contribution is -2.56. The second kappa shape index (κ2) is 21.0. The number of hydrogen-bond acceptors (Lipinski definition) is 13. The molecule has 4 aliphatic rings. The predicted molar refractivity (Wildman–Crippen MR) is 251 cm³/mol. The fraction of sp³-hybridized carbons (Fsp3) is 0.511. The third-order valence-electron chi connectivity index (χ3n) is 12.9. The molecule has 4 aromatic rings. The Hall–Kier alpha value is -5.78. The number of aromatic nitrogens is 3. The Kier molecular flexibility index (Phi) is 15.3. The summed E-state index contributed by atoms with van der Waals surface area (Å²) in [7, 11) is 3.07. The number of nitrogens with one attached hydrogen (secondary N) is 3. The van der Waals surface area contributed by atoms with Gasteiger partial charge in [0.05, 0.1) is 17.8 Å². The number of benzene rings is 2. The van der Waals surface area contributed by atoms with Gasteiger partial charge in [-0.1, -0.05) is 18.0 Å². The zero-order valence-corrected chi connectivity index (χ0v) is 38.6. The van der Waals surface area contributed by atoms with Crippen LogP contribution in [0.3, 0.4) is 0 Å². The number of rotatable bonds is 14. The first kappa shape index (κ1) is 47.2. The van der Waals surface area contributed by atoms with Crippen molar-refractivity contribution in [3.63, 3.8) is 0 Å². The summed E-state index contributed by atoms with van der Waals surface area (Å²) in [6.45, 7) is 10.8. The van der Waals surface area contributed by atoms with Crippen LogP contribution in [0.15, 0.2) is 53.5 Å². The van der Waals surface area contributed by atoms with E-state index in [0.717, 1.165) is 54.1 Å². The third kappa shape index (κ3) is 10.7. The summed E-state index contributed by atoms with van der Waals surface area (Å²) in [6, 6.07) is 13.7. The van der Waals surface area contributed by atoms with Gasteiger partial charge < -0.3 is 49.9 Å². The second-order valence-electron chi connectivity index (χ2n) is 17.5. The van der Waals surface area contributed by atoms with Crippen molar-refractivity contribution < 1.29 is 29.0 Å². The first-order valence-electron chi connectivity index (χ1n) is 22.6. The Balaban J connectivity index is 0.000000196.